The van der Waals surface area contributed by atoms with E-state index in [9.17, 15) is 9.59 Å². The van der Waals surface area contributed by atoms with E-state index in [1.165, 1.54) is 6.07 Å². The van der Waals surface area contributed by atoms with E-state index in [1.807, 2.05) is 24.3 Å². The lowest BCUT2D eigenvalue weighted by Gasteiger charge is -2.07. The molecule has 1 aromatic heterocycles. The fourth-order valence-electron chi connectivity index (χ4n) is 2.28. The van der Waals surface area contributed by atoms with Crippen molar-refractivity contribution in [3.05, 3.63) is 98.4 Å². The number of hydrogen-bond donors (Lipinski definition) is 1. The average Bonchev–Trinajstić information content (AvgIpc) is 2.59. The van der Waals surface area contributed by atoms with Gasteiger partial charge >= 0.3 is 0 Å². The lowest BCUT2D eigenvalue weighted by Crippen LogP contribution is -2.08. The molecule has 4 nitrogen and oxygen atoms in total. The average molecular weight is 325 g/mol. The topological polar surface area (TPSA) is 62.8 Å². The Labute approximate surface area is 137 Å². The quantitative estimate of drug-likeness (QED) is 0.749. The number of nitrogens with one attached hydrogen (secondary N) is 1. The van der Waals surface area contributed by atoms with Gasteiger partial charge in [0.15, 0.2) is 5.78 Å². The molecule has 114 valence electrons. The van der Waals surface area contributed by atoms with E-state index in [4.69, 9.17) is 11.6 Å². The summed E-state index contributed by atoms with van der Waals surface area (Å²) >= 11 is 6.18. The number of rotatable bonds is 4. The second-order valence-corrected chi connectivity index (χ2v) is 5.51. The van der Waals surface area contributed by atoms with Crippen molar-refractivity contribution < 1.29 is 4.79 Å². The number of carbonyl (C=O) groups excluding carboxylic acids is 1. The summed E-state index contributed by atoms with van der Waals surface area (Å²) in [6.45, 7) is 0. The maximum atomic E-state index is 12.6. The molecular formula is C18H13ClN2O2. The van der Waals surface area contributed by atoms with Crippen LogP contribution in [0.15, 0.2) is 65.5 Å². The molecule has 0 spiro atoms. The molecule has 2 aromatic carbocycles. The first-order valence-corrected chi connectivity index (χ1v) is 7.44. The Bertz CT molecular complexity index is 884. The number of aromatic nitrogens is 2. The molecule has 3 aromatic rings. The highest BCUT2D eigenvalue weighted by atomic mass is 35.5. The highest BCUT2D eigenvalue weighted by molar-refractivity contribution is 6.35. The van der Waals surface area contributed by atoms with Crippen molar-refractivity contribution in [2.75, 3.05) is 0 Å². The van der Waals surface area contributed by atoms with Crippen molar-refractivity contribution in [2.24, 2.45) is 0 Å². The summed E-state index contributed by atoms with van der Waals surface area (Å²) in [5, 5.41) is 6.78. The summed E-state index contributed by atoms with van der Waals surface area (Å²) in [6.07, 6.45) is 0.503. The van der Waals surface area contributed by atoms with Crippen LogP contribution in [0.2, 0.25) is 5.02 Å². The fourth-order valence-corrected chi connectivity index (χ4v) is 2.49. The molecule has 0 atom stereocenters. The van der Waals surface area contributed by atoms with Crippen LogP contribution in [0.4, 0.5) is 0 Å². The van der Waals surface area contributed by atoms with E-state index in [0.717, 1.165) is 5.56 Å². The standard InChI is InChI=1S/C18H13ClN2O2/c19-16-8-6-12(10-14-7-9-17(22)21-20-14)11-15(16)18(23)13-4-2-1-3-5-13/h1-9,11H,10H2,(H,21,22). The van der Waals surface area contributed by atoms with Gasteiger partial charge in [-0.25, -0.2) is 5.10 Å². The van der Waals surface area contributed by atoms with Gasteiger partial charge in [0, 0.05) is 23.6 Å². The molecule has 0 unspecified atom stereocenters. The highest BCUT2D eigenvalue weighted by Gasteiger charge is 2.13. The molecule has 23 heavy (non-hydrogen) atoms. The lowest BCUT2D eigenvalue weighted by atomic mass is 9.99. The maximum absolute atomic E-state index is 12.6. The number of halogens is 1. The monoisotopic (exact) mass is 324 g/mol. The minimum Gasteiger partial charge on any atom is -0.289 e. The Kier molecular flexibility index (Phi) is 4.35. The second-order valence-electron chi connectivity index (χ2n) is 5.10. The van der Waals surface area contributed by atoms with E-state index in [0.29, 0.717) is 28.3 Å². The first-order valence-electron chi connectivity index (χ1n) is 7.06. The predicted octanol–water partition coefficient (Wildman–Crippen LogP) is 3.25. The van der Waals surface area contributed by atoms with Gasteiger partial charge in [-0.15, -0.1) is 0 Å². The Morgan fingerprint density at radius 2 is 1.83 bits per heavy atom. The molecule has 1 heterocycles. The predicted molar refractivity (Wildman–Crippen MR) is 89.0 cm³/mol. The molecule has 5 heteroatoms. The molecule has 0 radical (unpaired) electrons. The van der Waals surface area contributed by atoms with Crippen molar-refractivity contribution >= 4 is 17.4 Å². The largest absolute Gasteiger partial charge is 0.289 e. The zero-order valence-electron chi connectivity index (χ0n) is 12.1. The van der Waals surface area contributed by atoms with Crippen LogP contribution in [-0.2, 0) is 6.42 Å². The summed E-state index contributed by atoms with van der Waals surface area (Å²) in [7, 11) is 0. The van der Waals surface area contributed by atoms with Crippen molar-refractivity contribution in [3.8, 4) is 0 Å². The Morgan fingerprint density at radius 1 is 1.04 bits per heavy atom. The van der Waals surface area contributed by atoms with Crippen molar-refractivity contribution in [1.29, 1.82) is 0 Å². The van der Waals surface area contributed by atoms with Gasteiger partial charge in [0.05, 0.1) is 10.7 Å². The van der Waals surface area contributed by atoms with Crippen LogP contribution in [0.3, 0.4) is 0 Å². The number of ketones is 1. The SMILES string of the molecule is O=C(c1ccccc1)c1cc(Cc2ccc(=O)[nH]n2)ccc1Cl. The van der Waals surface area contributed by atoms with Crippen LogP contribution in [0.25, 0.3) is 0 Å². The molecule has 0 fully saturated rings. The van der Waals surface area contributed by atoms with Crippen molar-refractivity contribution in [3.63, 3.8) is 0 Å². The van der Waals surface area contributed by atoms with Gasteiger partial charge in [-0.2, -0.15) is 5.10 Å². The van der Waals surface area contributed by atoms with Gasteiger partial charge in [-0.3, -0.25) is 9.59 Å². The van der Waals surface area contributed by atoms with Crippen LogP contribution >= 0.6 is 11.6 Å². The summed E-state index contributed by atoms with van der Waals surface area (Å²) in [6, 6.07) is 17.4. The summed E-state index contributed by atoms with van der Waals surface area (Å²) in [4.78, 5) is 23.6. The number of hydrogen-bond acceptors (Lipinski definition) is 3. The molecule has 0 saturated carbocycles. The lowest BCUT2D eigenvalue weighted by molar-refractivity contribution is 0.103. The molecule has 0 aliphatic heterocycles. The van der Waals surface area contributed by atoms with Crippen LogP contribution in [0, 0.1) is 0 Å². The molecule has 0 aliphatic carbocycles. The molecular weight excluding hydrogens is 312 g/mol. The third-order valence-corrected chi connectivity index (χ3v) is 3.76. The molecule has 0 saturated heterocycles. The van der Waals surface area contributed by atoms with Gasteiger partial charge < -0.3 is 0 Å². The fraction of sp³-hybridized carbons (Fsp3) is 0.0556. The van der Waals surface area contributed by atoms with Crippen LogP contribution in [0.5, 0.6) is 0 Å². The summed E-state index contributed by atoms with van der Waals surface area (Å²) < 4.78 is 0. The number of benzene rings is 2. The summed E-state index contributed by atoms with van der Waals surface area (Å²) in [5.74, 6) is -0.119. The molecule has 1 N–H and O–H groups in total. The molecule has 0 bridgehead atoms. The Hall–Kier alpha value is -2.72. The Morgan fingerprint density at radius 3 is 2.52 bits per heavy atom. The minimum absolute atomic E-state index is 0.119. The number of H-pyrrole nitrogens is 1. The van der Waals surface area contributed by atoms with Gasteiger partial charge in [0.2, 0.25) is 0 Å². The smallest absolute Gasteiger partial charge is 0.264 e. The highest BCUT2D eigenvalue weighted by Crippen LogP contribution is 2.22. The third-order valence-electron chi connectivity index (χ3n) is 3.43. The van der Waals surface area contributed by atoms with E-state index in [2.05, 4.69) is 10.2 Å². The Balaban J connectivity index is 1.91. The van der Waals surface area contributed by atoms with E-state index < -0.39 is 0 Å². The van der Waals surface area contributed by atoms with Crippen LogP contribution < -0.4 is 5.56 Å². The van der Waals surface area contributed by atoms with Gasteiger partial charge in [0.1, 0.15) is 0 Å². The molecule has 0 amide bonds. The van der Waals surface area contributed by atoms with Crippen molar-refractivity contribution in [1.82, 2.24) is 10.2 Å². The normalized spacial score (nSPS) is 10.5. The number of carbonyl (C=O) groups is 1. The molecule has 3 rings (SSSR count). The van der Waals surface area contributed by atoms with Gasteiger partial charge in [-0.05, 0) is 23.8 Å². The number of nitrogens with zero attached hydrogens (tertiary/aromatic N) is 1. The van der Waals surface area contributed by atoms with E-state index >= 15 is 0 Å². The van der Waals surface area contributed by atoms with E-state index in [1.54, 1.807) is 30.3 Å². The summed E-state index contributed by atoms with van der Waals surface area (Å²) in [5.41, 5.74) is 2.41. The number of aromatic amines is 1. The first-order chi connectivity index (χ1) is 11.1. The third kappa shape index (κ3) is 3.55. The first kappa shape index (κ1) is 15.2. The zero-order valence-corrected chi connectivity index (χ0v) is 12.9. The van der Waals surface area contributed by atoms with Crippen LogP contribution in [0.1, 0.15) is 27.2 Å². The zero-order chi connectivity index (χ0) is 16.2. The van der Waals surface area contributed by atoms with Crippen LogP contribution in [-0.4, -0.2) is 16.0 Å². The van der Waals surface area contributed by atoms with Gasteiger partial charge in [-0.1, -0.05) is 48.0 Å². The minimum atomic E-state index is -0.246. The maximum Gasteiger partial charge on any atom is 0.264 e. The van der Waals surface area contributed by atoms with Crippen molar-refractivity contribution in [2.45, 2.75) is 6.42 Å². The molecule has 0 aliphatic rings. The van der Waals surface area contributed by atoms with E-state index in [-0.39, 0.29) is 11.3 Å². The van der Waals surface area contributed by atoms with Gasteiger partial charge in [0.25, 0.3) is 5.56 Å². The second kappa shape index (κ2) is 6.58.